The van der Waals surface area contributed by atoms with Crippen molar-refractivity contribution in [3.05, 3.63) is 54.2 Å². The zero-order valence-electron chi connectivity index (χ0n) is 14.6. The van der Waals surface area contributed by atoms with E-state index in [1.807, 2.05) is 41.9 Å². The van der Waals surface area contributed by atoms with Gasteiger partial charge in [-0.1, -0.05) is 23.9 Å². The zero-order valence-corrected chi connectivity index (χ0v) is 15.4. The van der Waals surface area contributed by atoms with Gasteiger partial charge in [-0.25, -0.2) is 0 Å². The highest BCUT2D eigenvalue weighted by atomic mass is 32.2. The molecule has 4 rings (SSSR count). The molecule has 3 heterocycles. The van der Waals surface area contributed by atoms with Gasteiger partial charge in [0.2, 0.25) is 5.91 Å². The van der Waals surface area contributed by atoms with E-state index in [0.29, 0.717) is 35.6 Å². The third-order valence-corrected chi connectivity index (χ3v) is 5.06. The maximum atomic E-state index is 12.0. The Labute approximate surface area is 159 Å². The summed E-state index contributed by atoms with van der Waals surface area (Å²) in [4.78, 5) is 12.0. The van der Waals surface area contributed by atoms with Crippen molar-refractivity contribution in [2.24, 2.45) is 7.05 Å². The van der Waals surface area contributed by atoms with Crippen molar-refractivity contribution in [3.63, 3.8) is 0 Å². The molecule has 1 aromatic carbocycles. The first-order valence-corrected chi connectivity index (χ1v) is 9.39. The summed E-state index contributed by atoms with van der Waals surface area (Å²) in [5.74, 6) is 2.90. The summed E-state index contributed by atoms with van der Waals surface area (Å²) >= 11 is 1.31. The predicted molar refractivity (Wildman–Crippen MR) is 97.6 cm³/mol. The van der Waals surface area contributed by atoms with Gasteiger partial charge in [-0.05, 0) is 24.3 Å². The highest BCUT2D eigenvalue weighted by Crippen LogP contribution is 2.35. The first kappa shape index (κ1) is 17.5. The van der Waals surface area contributed by atoms with E-state index in [4.69, 9.17) is 13.9 Å². The summed E-state index contributed by atoms with van der Waals surface area (Å²) in [6.45, 7) is 0.723. The Morgan fingerprint density at radius 3 is 2.93 bits per heavy atom. The Morgan fingerprint density at radius 2 is 2.11 bits per heavy atom. The minimum atomic E-state index is -0.348. The molecule has 0 radical (unpaired) electrons. The summed E-state index contributed by atoms with van der Waals surface area (Å²) in [6, 6.07) is 11.1. The lowest BCUT2D eigenvalue weighted by Crippen LogP contribution is -2.25. The number of hydrogen-bond donors (Lipinski definition) is 1. The van der Waals surface area contributed by atoms with E-state index in [-0.39, 0.29) is 17.8 Å². The van der Waals surface area contributed by atoms with Crippen LogP contribution in [0.5, 0.6) is 11.5 Å². The molecule has 9 heteroatoms. The van der Waals surface area contributed by atoms with Gasteiger partial charge in [-0.2, -0.15) is 0 Å². The number of carbonyl (C=O) groups is 1. The van der Waals surface area contributed by atoms with Gasteiger partial charge in [0.05, 0.1) is 18.6 Å². The lowest BCUT2D eigenvalue weighted by molar-refractivity contribution is -0.118. The van der Waals surface area contributed by atoms with E-state index in [1.165, 1.54) is 11.8 Å². The van der Waals surface area contributed by atoms with Gasteiger partial charge in [0.25, 0.3) is 0 Å². The van der Waals surface area contributed by atoms with Gasteiger partial charge in [0.1, 0.15) is 12.4 Å². The fraction of sp³-hybridized carbons (Fsp3) is 0.278. The Kier molecular flexibility index (Phi) is 5.01. The molecule has 0 aliphatic carbocycles. The smallest absolute Gasteiger partial charge is 0.230 e. The van der Waals surface area contributed by atoms with Crippen LogP contribution >= 0.6 is 11.8 Å². The molecule has 3 aromatic rings. The predicted octanol–water partition coefficient (Wildman–Crippen LogP) is 2.33. The van der Waals surface area contributed by atoms with Gasteiger partial charge in [-0.15, -0.1) is 10.2 Å². The number of furan rings is 1. The van der Waals surface area contributed by atoms with Crippen LogP contribution in [0.2, 0.25) is 0 Å². The van der Waals surface area contributed by atoms with Crippen LogP contribution in [0.15, 0.2) is 52.2 Å². The number of rotatable bonds is 6. The average molecular weight is 386 g/mol. The molecule has 27 heavy (non-hydrogen) atoms. The molecule has 8 nitrogen and oxygen atoms in total. The number of fused-ring (bicyclic) bond motifs is 1. The number of nitrogens with zero attached hydrogens (tertiary/aromatic N) is 3. The first-order chi connectivity index (χ1) is 13.2. The first-order valence-electron chi connectivity index (χ1n) is 8.40. The van der Waals surface area contributed by atoms with E-state index in [9.17, 15) is 4.79 Å². The third-order valence-electron chi connectivity index (χ3n) is 4.04. The Hall–Kier alpha value is -2.94. The fourth-order valence-corrected chi connectivity index (χ4v) is 3.41. The second-order valence-corrected chi connectivity index (χ2v) is 6.85. The molecule has 1 unspecified atom stereocenters. The molecule has 1 aliphatic rings. The largest absolute Gasteiger partial charge is 0.485 e. The monoisotopic (exact) mass is 386 g/mol. The number of thioether (sulfide) groups is 1. The lowest BCUT2D eigenvalue weighted by Gasteiger charge is -2.25. The minimum absolute atomic E-state index is 0.105. The highest BCUT2D eigenvalue weighted by Gasteiger charge is 2.27. The summed E-state index contributed by atoms with van der Waals surface area (Å²) in [5.41, 5.74) is 0. The van der Waals surface area contributed by atoms with Crippen molar-refractivity contribution in [1.29, 1.82) is 0 Å². The maximum absolute atomic E-state index is 12.0. The average Bonchev–Trinajstić information content (AvgIpc) is 3.34. The number of carbonyl (C=O) groups excluding carboxylic acids is 1. The molecular formula is C18H18N4O4S. The standard InChI is InChI=1S/C18H18N4O4S/c1-22-17(15-10-25-13-6-2-3-7-14(13)26-15)20-21-18(22)27-11-16(23)19-9-12-5-4-8-24-12/h2-8,15H,9-11H2,1H3,(H,19,23). The van der Waals surface area contributed by atoms with E-state index < -0.39 is 0 Å². The van der Waals surface area contributed by atoms with Crippen LogP contribution in [-0.2, 0) is 18.4 Å². The lowest BCUT2D eigenvalue weighted by atomic mass is 10.2. The van der Waals surface area contributed by atoms with E-state index in [1.54, 1.807) is 12.3 Å². The van der Waals surface area contributed by atoms with Crippen molar-refractivity contribution in [2.75, 3.05) is 12.4 Å². The molecule has 1 N–H and O–H groups in total. The minimum Gasteiger partial charge on any atom is -0.485 e. The van der Waals surface area contributed by atoms with Gasteiger partial charge in [-0.3, -0.25) is 4.79 Å². The van der Waals surface area contributed by atoms with E-state index in [0.717, 1.165) is 5.75 Å². The molecule has 0 spiro atoms. The number of aromatic nitrogens is 3. The number of nitrogens with one attached hydrogen (secondary N) is 1. The highest BCUT2D eigenvalue weighted by molar-refractivity contribution is 7.99. The normalized spacial score (nSPS) is 15.5. The van der Waals surface area contributed by atoms with Crippen LogP contribution in [0, 0.1) is 0 Å². The number of amides is 1. The Balaban J connectivity index is 1.34. The molecule has 0 fully saturated rings. The number of hydrogen-bond acceptors (Lipinski definition) is 7. The third kappa shape index (κ3) is 3.92. The molecule has 2 aromatic heterocycles. The van der Waals surface area contributed by atoms with Crippen LogP contribution in [0.4, 0.5) is 0 Å². The SMILES string of the molecule is Cn1c(SCC(=O)NCc2ccco2)nnc1C1COc2ccccc2O1. The maximum Gasteiger partial charge on any atom is 0.230 e. The van der Waals surface area contributed by atoms with Gasteiger partial charge < -0.3 is 23.8 Å². The second-order valence-electron chi connectivity index (χ2n) is 5.91. The molecule has 1 aliphatic heterocycles. The quantitative estimate of drug-likeness (QED) is 0.650. The topological polar surface area (TPSA) is 91.4 Å². The van der Waals surface area contributed by atoms with Crippen molar-refractivity contribution >= 4 is 17.7 Å². The molecule has 1 amide bonds. The zero-order chi connectivity index (χ0) is 18.6. The molecule has 140 valence electrons. The van der Waals surface area contributed by atoms with Crippen molar-refractivity contribution in [1.82, 2.24) is 20.1 Å². The van der Waals surface area contributed by atoms with Crippen LogP contribution in [0.25, 0.3) is 0 Å². The van der Waals surface area contributed by atoms with E-state index >= 15 is 0 Å². The van der Waals surface area contributed by atoms with Crippen LogP contribution in [0.3, 0.4) is 0 Å². The number of benzene rings is 1. The number of ether oxygens (including phenoxy) is 2. The van der Waals surface area contributed by atoms with Gasteiger partial charge >= 0.3 is 0 Å². The second kappa shape index (κ2) is 7.75. The van der Waals surface area contributed by atoms with Crippen LogP contribution < -0.4 is 14.8 Å². The molecule has 0 saturated carbocycles. The van der Waals surface area contributed by atoms with Gasteiger partial charge in [0, 0.05) is 7.05 Å². The fourth-order valence-electron chi connectivity index (χ4n) is 2.66. The van der Waals surface area contributed by atoms with Crippen LogP contribution in [0.1, 0.15) is 17.7 Å². The van der Waals surface area contributed by atoms with Crippen molar-refractivity contribution < 1.29 is 18.7 Å². The summed E-state index contributed by atoms with van der Waals surface area (Å²) in [5, 5.41) is 11.8. The Bertz CT molecular complexity index is 925. The number of para-hydroxylation sites is 2. The van der Waals surface area contributed by atoms with Crippen molar-refractivity contribution in [3.8, 4) is 11.5 Å². The van der Waals surface area contributed by atoms with Gasteiger partial charge in [0.15, 0.2) is 28.6 Å². The Morgan fingerprint density at radius 1 is 1.26 bits per heavy atom. The summed E-state index contributed by atoms with van der Waals surface area (Å²) < 4.78 is 18.7. The molecule has 0 saturated heterocycles. The molecule has 1 atom stereocenters. The van der Waals surface area contributed by atoms with Crippen LogP contribution in [-0.4, -0.2) is 33.0 Å². The summed E-state index contributed by atoms with van der Waals surface area (Å²) in [6.07, 6.45) is 1.23. The van der Waals surface area contributed by atoms with Crippen molar-refractivity contribution in [2.45, 2.75) is 17.8 Å². The molecule has 0 bridgehead atoms. The molecular weight excluding hydrogens is 368 g/mol. The summed E-state index contributed by atoms with van der Waals surface area (Å²) in [7, 11) is 1.85. The van der Waals surface area contributed by atoms with E-state index in [2.05, 4.69) is 15.5 Å².